The molecule has 0 aliphatic rings. The van der Waals surface area contributed by atoms with E-state index in [0.717, 1.165) is 12.8 Å². The molecule has 0 fully saturated rings. The van der Waals surface area contributed by atoms with Crippen molar-refractivity contribution in [2.75, 3.05) is 6.61 Å². The number of amides is 1. The first-order chi connectivity index (χ1) is 13.7. The molecule has 0 aliphatic heterocycles. The van der Waals surface area contributed by atoms with E-state index in [-0.39, 0.29) is 11.9 Å². The molecule has 3 aromatic rings. The Bertz CT molecular complexity index is 875. The number of rotatable bonds is 10. The molecule has 1 unspecified atom stereocenters. The van der Waals surface area contributed by atoms with E-state index in [1.54, 1.807) is 0 Å². The summed E-state index contributed by atoms with van der Waals surface area (Å²) in [5.41, 5.74) is 5.47. The van der Waals surface area contributed by atoms with Crippen molar-refractivity contribution in [2.24, 2.45) is 0 Å². The van der Waals surface area contributed by atoms with Crippen molar-refractivity contribution in [1.82, 2.24) is 10.8 Å². The van der Waals surface area contributed by atoms with Gasteiger partial charge in [0, 0.05) is 13.0 Å². The Morgan fingerprint density at radius 2 is 1.71 bits per heavy atom. The lowest BCUT2D eigenvalue weighted by atomic mass is 10.1. The van der Waals surface area contributed by atoms with Crippen LogP contribution in [-0.4, -0.2) is 18.6 Å². The van der Waals surface area contributed by atoms with Gasteiger partial charge in [-0.15, -0.1) is 0 Å². The van der Waals surface area contributed by atoms with Crippen LogP contribution in [0.1, 0.15) is 30.9 Å². The van der Waals surface area contributed by atoms with Gasteiger partial charge in [0.1, 0.15) is 0 Å². The molecule has 1 atom stereocenters. The van der Waals surface area contributed by atoms with Gasteiger partial charge in [0.05, 0.1) is 12.6 Å². The summed E-state index contributed by atoms with van der Waals surface area (Å²) in [4.78, 5) is 17.6. The summed E-state index contributed by atoms with van der Waals surface area (Å²) in [7, 11) is 0. The quantitative estimate of drug-likeness (QED) is 0.408. The highest BCUT2D eigenvalue weighted by molar-refractivity contribution is 5.85. The number of benzene rings is 3. The summed E-state index contributed by atoms with van der Waals surface area (Å²) in [5.74, 6) is 0.0704. The first-order valence-corrected chi connectivity index (χ1v) is 9.87. The average molecular weight is 377 g/mol. The molecule has 0 spiro atoms. The molecule has 3 aromatic carbocycles. The van der Waals surface area contributed by atoms with Crippen LogP contribution in [0.3, 0.4) is 0 Å². The number of carbonyl (C=O) groups excluding carboxylic acids is 1. The van der Waals surface area contributed by atoms with Crippen molar-refractivity contribution in [3.63, 3.8) is 0 Å². The number of carbonyl (C=O) groups is 1. The molecular formula is C24H28N2O2. The lowest BCUT2D eigenvalue weighted by molar-refractivity contribution is -0.122. The van der Waals surface area contributed by atoms with E-state index in [2.05, 4.69) is 53.3 Å². The summed E-state index contributed by atoms with van der Waals surface area (Å²) in [6, 6.07) is 24.8. The Kier molecular flexibility index (Phi) is 7.59. The zero-order valence-corrected chi connectivity index (χ0v) is 16.4. The number of hydrogen-bond acceptors (Lipinski definition) is 3. The first-order valence-electron chi connectivity index (χ1n) is 9.87. The van der Waals surface area contributed by atoms with Crippen LogP contribution in [-0.2, 0) is 22.6 Å². The second-order valence-electron chi connectivity index (χ2n) is 7.08. The van der Waals surface area contributed by atoms with Gasteiger partial charge in [-0.25, -0.2) is 0 Å². The Balaban J connectivity index is 1.33. The van der Waals surface area contributed by atoms with Crippen LogP contribution in [0.5, 0.6) is 0 Å². The molecule has 0 saturated heterocycles. The maximum Gasteiger partial charge on any atom is 0.220 e. The summed E-state index contributed by atoms with van der Waals surface area (Å²) >= 11 is 0. The number of hydrogen-bond donors (Lipinski definition) is 2. The molecule has 28 heavy (non-hydrogen) atoms. The second-order valence-corrected chi connectivity index (χ2v) is 7.08. The Labute approximate surface area is 166 Å². The van der Waals surface area contributed by atoms with Crippen molar-refractivity contribution in [3.05, 3.63) is 83.9 Å². The number of hydroxylamine groups is 1. The molecule has 0 bridgehead atoms. The third-order valence-corrected chi connectivity index (χ3v) is 4.70. The van der Waals surface area contributed by atoms with Crippen molar-refractivity contribution in [3.8, 4) is 0 Å². The lowest BCUT2D eigenvalue weighted by Gasteiger charge is -2.15. The predicted molar refractivity (Wildman–Crippen MR) is 114 cm³/mol. The molecule has 2 N–H and O–H groups in total. The van der Waals surface area contributed by atoms with Crippen molar-refractivity contribution in [2.45, 2.75) is 38.8 Å². The molecule has 0 saturated carbocycles. The third kappa shape index (κ3) is 6.19. The van der Waals surface area contributed by atoms with Gasteiger partial charge in [0.25, 0.3) is 0 Å². The van der Waals surface area contributed by atoms with E-state index in [0.29, 0.717) is 19.6 Å². The van der Waals surface area contributed by atoms with E-state index in [4.69, 9.17) is 4.84 Å². The van der Waals surface area contributed by atoms with Gasteiger partial charge in [-0.2, -0.15) is 5.48 Å². The Hall–Kier alpha value is -2.69. The standard InChI is InChI=1S/C24H28N2O2/c1-19(26-24(27)16-7-11-20-9-3-2-4-10-20)18-28-25-17-22-14-8-13-21-12-5-6-15-23(21)22/h2-6,8-10,12-15,19,25H,7,11,16-18H2,1H3,(H,26,27). The molecule has 3 rings (SSSR count). The van der Waals surface area contributed by atoms with Crippen molar-refractivity contribution in [1.29, 1.82) is 0 Å². The zero-order valence-electron chi connectivity index (χ0n) is 16.4. The third-order valence-electron chi connectivity index (χ3n) is 4.70. The number of aryl methyl sites for hydroxylation is 1. The molecule has 4 heteroatoms. The highest BCUT2D eigenvalue weighted by Crippen LogP contribution is 2.18. The summed E-state index contributed by atoms with van der Waals surface area (Å²) in [6.07, 6.45) is 2.30. The lowest BCUT2D eigenvalue weighted by Crippen LogP contribution is -2.37. The monoisotopic (exact) mass is 376 g/mol. The summed E-state index contributed by atoms with van der Waals surface area (Å²) in [6.45, 7) is 3.00. The average Bonchev–Trinajstić information content (AvgIpc) is 2.72. The minimum Gasteiger partial charge on any atom is -0.351 e. The summed E-state index contributed by atoms with van der Waals surface area (Å²) < 4.78 is 0. The van der Waals surface area contributed by atoms with Gasteiger partial charge in [-0.3, -0.25) is 9.63 Å². The van der Waals surface area contributed by atoms with Crippen LogP contribution < -0.4 is 10.8 Å². The highest BCUT2D eigenvalue weighted by atomic mass is 16.6. The van der Waals surface area contributed by atoms with Gasteiger partial charge in [0.15, 0.2) is 0 Å². The fraction of sp³-hybridized carbons (Fsp3) is 0.292. The largest absolute Gasteiger partial charge is 0.351 e. The van der Waals surface area contributed by atoms with Crippen LogP contribution in [0.15, 0.2) is 72.8 Å². The fourth-order valence-corrected chi connectivity index (χ4v) is 3.25. The van der Waals surface area contributed by atoms with Crippen LogP contribution in [0, 0.1) is 0 Å². The molecular weight excluding hydrogens is 348 g/mol. The molecule has 0 heterocycles. The first kappa shape index (κ1) is 20.1. The molecule has 0 aromatic heterocycles. The van der Waals surface area contributed by atoms with E-state index in [1.807, 2.05) is 37.3 Å². The second kappa shape index (κ2) is 10.6. The topological polar surface area (TPSA) is 50.4 Å². The molecule has 146 valence electrons. The van der Waals surface area contributed by atoms with Crippen molar-refractivity contribution >= 4 is 16.7 Å². The maximum atomic E-state index is 12.1. The van der Waals surface area contributed by atoms with Crippen LogP contribution in [0.4, 0.5) is 0 Å². The van der Waals surface area contributed by atoms with Crippen LogP contribution in [0.25, 0.3) is 10.8 Å². The molecule has 0 radical (unpaired) electrons. The predicted octanol–water partition coefficient (Wildman–Crippen LogP) is 4.39. The number of nitrogens with one attached hydrogen (secondary N) is 2. The minimum absolute atomic E-state index is 0.0377. The van der Waals surface area contributed by atoms with Gasteiger partial charge < -0.3 is 5.32 Å². The SMILES string of the molecule is CC(CONCc1cccc2ccccc12)NC(=O)CCCc1ccccc1. The van der Waals surface area contributed by atoms with Gasteiger partial charge in [-0.05, 0) is 41.7 Å². The summed E-state index contributed by atoms with van der Waals surface area (Å²) in [5, 5.41) is 5.43. The minimum atomic E-state index is -0.0377. The van der Waals surface area contributed by atoms with E-state index in [1.165, 1.54) is 21.9 Å². The van der Waals surface area contributed by atoms with E-state index < -0.39 is 0 Å². The van der Waals surface area contributed by atoms with Crippen LogP contribution >= 0.6 is 0 Å². The molecule has 4 nitrogen and oxygen atoms in total. The normalized spacial score (nSPS) is 12.0. The van der Waals surface area contributed by atoms with E-state index >= 15 is 0 Å². The van der Waals surface area contributed by atoms with Crippen molar-refractivity contribution < 1.29 is 9.63 Å². The zero-order chi connectivity index (χ0) is 19.6. The van der Waals surface area contributed by atoms with Crippen LogP contribution in [0.2, 0.25) is 0 Å². The van der Waals surface area contributed by atoms with Gasteiger partial charge in [-0.1, -0.05) is 72.8 Å². The van der Waals surface area contributed by atoms with Gasteiger partial charge in [0.2, 0.25) is 5.91 Å². The Morgan fingerprint density at radius 3 is 2.57 bits per heavy atom. The molecule has 0 aliphatic carbocycles. The highest BCUT2D eigenvalue weighted by Gasteiger charge is 2.08. The Morgan fingerprint density at radius 1 is 0.964 bits per heavy atom. The molecule has 1 amide bonds. The maximum absolute atomic E-state index is 12.1. The smallest absolute Gasteiger partial charge is 0.220 e. The fourth-order valence-electron chi connectivity index (χ4n) is 3.25. The van der Waals surface area contributed by atoms with E-state index in [9.17, 15) is 4.79 Å². The number of fused-ring (bicyclic) bond motifs is 1. The van der Waals surface area contributed by atoms with Gasteiger partial charge >= 0.3 is 0 Å².